The lowest BCUT2D eigenvalue weighted by Gasteiger charge is -2.30. The Morgan fingerprint density at radius 3 is 2.72 bits per heavy atom. The van der Waals surface area contributed by atoms with Gasteiger partial charge < -0.3 is 4.90 Å². The van der Waals surface area contributed by atoms with E-state index in [9.17, 15) is 14.9 Å². The largest absolute Gasteiger partial charge is 0.322 e. The quantitative estimate of drug-likeness (QED) is 0.350. The molecule has 7 heteroatoms. The van der Waals surface area contributed by atoms with Crippen LogP contribution in [0.4, 0.5) is 17.2 Å². The number of nitrogens with zero attached hydrogens (tertiary/aromatic N) is 4. The first-order valence-corrected chi connectivity index (χ1v) is 9.21. The van der Waals surface area contributed by atoms with E-state index in [-0.39, 0.29) is 11.5 Å². The van der Waals surface area contributed by atoms with Gasteiger partial charge in [-0.1, -0.05) is 12.1 Å². The fourth-order valence-corrected chi connectivity index (χ4v) is 3.39. The highest BCUT2D eigenvalue weighted by Gasteiger charge is 2.22. The van der Waals surface area contributed by atoms with E-state index in [0.29, 0.717) is 30.6 Å². The SMILES string of the molecule is O=C(CCC1=Cc2cccnc2N(c2cccc([N+](=O)[O-])c2)C1)c1ccncc1. The van der Waals surface area contributed by atoms with Gasteiger partial charge in [0.05, 0.1) is 4.92 Å². The van der Waals surface area contributed by atoms with E-state index in [4.69, 9.17) is 0 Å². The number of anilines is 2. The van der Waals surface area contributed by atoms with E-state index in [2.05, 4.69) is 16.0 Å². The number of pyridine rings is 2. The Labute approximate surface area is 167 Å². The standard InChI is InChI=1S/C22H18N4O3/c27-21(17-8-11-23-12-9-17)7-6-16-13-18-3-2-10-24-22(18)25(15-16)19-4-1-5-20(14-19)26(28)29/h1-5,8-14H,6-7,15H2. The van der Waals surface area contributed by atoms with Crippen molar-refractivity contribution < 1.29 is 9.72 Å². The molecular formula is C22H18N4O3. The van der Waals surface area contributed by atoms with Crippen LogP contribution in [0, 0.1) is 10.1 Å². The van der Waals surface area contributed by atoms with E-state index in [1.807, 2.05) is 23.1 Å². The lowest BCUT2D eigenvalue weighted by atomic mass is 9.98. The molecule has 0 saturated heterocycles. The van der Waals surface area contributed by atoms with Crippen molar-refractivity contribution in [3.05, 3.63) is 93.9 Å². The number of fused-ring (bicyclic) bond motifs is 1. The number of Topliss-reactive ketones (excluding diaryl/α,β-unsaturated/α-hetero) is 1. The minimum absolute atomic E-state index is 0.0314. The van der Waals surface area contributed by atoms with Gasteiger partial charge in [-0.2, -0.15) is 0 Å². The summed E-state index contributed by atoms with van der Waals surface area (Å²) in [5.74, 6) is 0.810. The van der Waals surface area contributed by atoms with Crippen LogP contribution in [0.1, 0.15) is 28.8 Å². The number of rotatable bonds is 6. The van der Waals surface area contributed by atoms with Crippen molar-refractivity contribution in [1.82, 2.24) is 9.97 Å². The van der Waals surface area contributed by atoms with Gasteiger partial charge in [0.2, 0.25) is 0 Å². The molecule has 3 heterocycles. The summed E-state index contributed by atoms with van der Waals surface area (Å²) < 4.78 is 0. The van der Waals surface area contributed by atoms with E-state index in [1.54, 1.807) is 42.9 Å². The second-order valence-electron chi connectivity index (χ2n) is 6.74. The number of carbonyl (C=O) groups is 1. The number of aromatic nitrogens is 2. The highest BCUT2D eigenvalue weighted by molar-refractivity contribution is 5.96. The molecule has 0 amide bonds. The van der Waals surface area contributed by atoms with Crippen LogP contribution in [0.25, 0.3) is 6.08 Å². The maximum atomic E-state index is 12.4. The maximum absolute atomic E-state index is 12.4. The van der Waals surface area contributed by atoms with Crippen molar-refractivity contribution in [3.63, 3.8) is 0 Å². The number of nitro groups is 1. The molecule has 1 aliphatic rings. The lowest BCUT2D eigenvalue weighted by molar-refractivity contribution is -0.384. The Hall–Kier alpha value is -3.87. The minimum Gasteiger partial charge on any atom is -0.322 e. The molecule has 0 bridgehead atoms. The van der Waals surface area contributed by atoms with Gasteiger partial charge in [0.25, 0.3) is 5.69 Å². The Morgan fingerprint density at radius 2 is 1.93 bits per heavy atom. The van der Waals surface area contributed by atoms with Crippen LogP contribution in [0.5, 0.6) is 0 Å². The molecule has 7 nitrogen and oxygen atoms in total. The van der Waals surface area contributed by atoms with Gasteiger partial charge in [-0.15, -0.1) is 0 Å². The van der Waals surface area contributed by atoms with Crippen molar-refractivity contribution in [3.8, 4) is 0 Å². The molecule has 1 aromatic carbocycles. The lowest BCUT2D eigenvalue weighted by Crippen LogP contribution is -2.25. The molecule has 2 aromatic heterocycles. The first-order valence-electron chi connectivity index (χ1n) is 9.21. The van der Waals surface area contributed by atoms with Crippen molar-refractivity contribution in [1.29, 1.82) is 0 Å². The van der Waals surface area contributed by atoms with E-state index in [1.165, 1.54) is 6.07 Å². The number of non-ortho nitro benzene ring substituents is 1. The van der Waals surface area contributed by atoms with E-state index in [0.717, 1.165) is 17.0 Å². The van der Waals surface area contributed by atoms with E-state index < -0.39 is 4.92 Å². The molecule has 0 spiro atoms. The van der Waals surface area contributed by atoms with Crippen LogP contribution in [0.2, 0.25) is 0 Å². The summed E-state index contributed by atoms with van der Waals surface area (Å²) in [6.45, 7) is 0.523. The van der Waals surface area contributed by atoms with Crippen LogP contribution >= 0.6 is 0 Å². The third-order valence-corrected chi connectivity index (χ3v) is 4.82. The number of carbonyl (C=O) groups excluding carboxylic acids is 1. The summed E-state index contributed by atoms with van der Waals surface area (Å²) in [5.41, 5.74) is 3.37. The number of benzene rings is 1. The predicted molar refractivity (Wildman–Crippen MR) is 110 cm³/mol. The van der Waals surface area contributed by atoms with Crippen molar-refractivity contribution in [2.75, 3.05) is 11.4 Å². The van der Waals surface area contributed by atoms with Gasteiger partial charge in [-0.3, -0.25) is 19.9 Å². The number of hydrogen-bond donors (Lipinski definition) is 0. The van der Waals surface area contributed by atoms with Gasteiger partial charge in [-0.25, -0.2) is 4.98 Å². The van der Waals surface area contributed by atoms with Crippen LogP contribution in [0.3, 0.4) is 0 Å². The molecule has 29 heavy (non-hydrogen) atoms. The highest BCUT2D eigenvalue weighted by atomic mass is 16.6. The van der Waals surface area contributed by atoms with E-state index >= 15 is 0 Å². The fraction of sp³-hybridized carbons (Fsp3) is 0.136. The Bertz CT molecular complexity index is 1100. The molecule has 0 atom stereocenters. The van der Waals surface area contributed by atoms with Crippen LogP contribution in [0.15, 0.2) is 72.7 Å². The molecule has 1 aliphatic heterocycles. The third kappa shape index (κ3) is 4.03. The topological polar surface area (TPSA) is 89.2 Å². The molecule has 3 aromatic rings. The second kappa shape index (κ2) is 8.02. The Kier molecular flexibility index (Phi) is 5.11. The van der Waals surface area contributed by atoms with Gasteiger partial charge in [0.1, 0.15) is 5.82 Å². The highest BCUT2D eigenvalue weighted by Crippen LogP contribution is 2.35. The van der Waals surface area contributed by atoms with Crippen molar-refractivity contribution in [2.24, 2.45) is 0 Å². The zero-order valence-electron chi connectivity index (χ0n) is 15.6. The number of nitro benzene ring substituents is 1. The monoisotopic (exact) mass is 386 g/mol. The average molecular weight is 386 g/mol. The normalized spacial score (nSPS) is 12.8. The summed E-state index contributed by atoms with van der Waals surface area (Å²) in [5, 5.41) is 11.2. The van der Waals surface area contributed by atoms with Gasteiger partial charge >= 0.3 is 0 Å². The molecule has 0 fully saturated rings. The summed E-state index contributed by atoms with van der Waals surface area (Å²) in [4.78, 5) is 33.6. The molecule has 0 unspecified atom stereocenters. The Morgan fingerprint density at radius 1 is 1.10 bits per heavy atom. The molecule has 0 aliphatic carbocycles. The molecule has 0 radical (unpaired) electrons. The molecule has 0 saturated carbocycles. The number of ketones is 1. The predicted octanol–water partition coefficient (Wildman–Crippen LogP) is 4.58. The summed E-state index contributed by atoms with van der Waals surface area (Å²) in [6.07, 6.45) is 7.96. The van der Waals surface area contributed by atoms with Crippen LogP contribution < -0.4 is 4.90 Å². The fourth-order valence-electron chi connectivity index (χ4n) is 3.39. The van der Waals surface area contributed by atoms with Crippen LogP contribution in [-0.2, 0) is 0 Å². The minimum atomic E-state index is -0.406. The zero-order chi connectivity index (χ0) is 20.2. The van der Waals surface area contributed by atoms with Gasteiger partial charge in [-0.05, 0) is 42.3 Å². The molecular weight excluding hydrogens is 368 g/mol. The summed E-state index contributed by atoms with van der Waals surface area (Å²) in [7, 11) is 0. The molecule has 4 rings (SSSR count). The van der Waals surface area contributed by atoms with Gasteiger partial charge in [0, 0.05) is 60.5 Å². The Balaban J connectivity index is 1.59. The second-order valence-corrected chi connectivity index (χ2v) is 6.74. The first-order chi connectivity index (χ1) is 14.1. The number of hydrogen-bond acceptors (Lipinski definition) is 6. The average Bonchev–Trinajstić information content (AvgIpc) is 2.77. The zero-order valence-corrected chi connectivity index (χ0v) is 15.6. The van der Waals surface area contributed by atoms with Crippen molar-refractivity contribution >= 4 is 29.1 Å². The van der Waals surface area contributed by atoms with Crippen LogP contribution in [-0.4, -0.2) is 27.2 Å². The maximum Gasteiger partial charge on any atom is 0.271 e. The van der Waals surface area contributed by atoms with Gasteiger partial charge in [0.15, 0.2) is 5.78 Å². The molecule has 0 N–H and O–H groups in total. The van der Waals surface area contributed by atoms with Crippen molar-refractivity contribution in [2.45, 2.75) is 12.8 Å². The molecule has 144 valence electrons. The summed E-state index contributed by atoms with van der Waals surface area (Å²) in [6, 6.07) is 13.7. The third-order valence-electron chi connectivity index (χ3n) is 4.82. The first kappa shape index (κ1) is 18.5. The summed E-state index contributed by atoms with van der Waals surface area (Å²) >= 11 is 0. The smallest absolute Gasteiger partial charge is 0.271 e.